The Morgan fingerprint density at radius 2 is 2.21 bits per heavy atom. The largest absolute Gasteiger partial charge is 0.502 e. The molecule has 5 heteroatoms. The molecule has 0 bridgehead atoms. The van der Waals surface area contributed by atoms with E-state index in [1.807, 2.05) is 0 Å². The van der Waals surface area contributed by atoms with E-state index in [4.69, 9.17) is 0 Å². The third kappa shape index (κ3) is 2.29. The molecule has 0 aliphatic carbocycles. The molecule has 0 atom stereocenters. The van der Waals surface area contributed by atoms with Gasteiger partial charge >= 0.3 is 5.69 Å². The predicted octanol–water partition coefficient (Wildman–Crippen LogP) is 1.43. The van der Waals surface area contributed by atoms with E-state index < -0.39 is 10.7 Å². The van der Waals surface area contributed by atoms with E-state index in [1.165, 1.54) is 25.1 Å². The molecule has 0 unspecified atom stereocenters. The highest BCUT2D eigenvalue weighted by molar-refractivity contribution is 5.78. The summed E-state index contributed by atoms with van der Waals surface area (Å²) in [4.78, 5) is 20.4. The fraction of sp³-hybridized carbons (Fsp3) is 0.222. The summed E-state index contributed by atoms with van der Waals surface area (Å²) >= 11 is 0. The Morgan fingerprint density at radius 1 is 1.57 bits per heavy atom. The van der Waals surface area contributed by atoms with Crippen LogP contribution in [0.1, 0.15) is 12.5 Å². The van der Waals surface area contributed by atoms with Gasteiger partial charge in [-0.05, 0) is 18.6 Å². The Hall–Kier alpha value is -1.91. The number of nitrogens with zero attached hydrogens (tertiary/aromatic N) is 1. The minimum atomic E-state index is -0.674. The normalized spacial score (nSPS) is 9.79. The Labute approximate surface area is 80.1 Å². The van der Waals surface area contributed by atoms with Gasteiger partial charge < -0.3 is 5.11 Å². The molecule has 0 radical (unpaired) electrons. The third-order valence-corrected chi connectivity index (χ3v) is 1.69. The monoisotopic (exact) mass is 195 g/mol. The van der Waals surface area contributed by atoms with E-state index in [9.17, 15) is 20.0 Å². The molecule has 0 spiro atoms. The molecule has 1 rings (SSSR count). The van der Waals surface area contributed by atoms with Gasteiger partial charge in [-0.25, -0.2) is 0 Å². The second-order valence-electron chi connectivity index (χ2n) is 2.96. The van der Waals surface area contributed by atoms with Crippen LogP contribution in [0, 0.1) is 10.1 Å². The van der Waals surface area contributed by atoms with Crippen LogP contribution in [0.25, 0.3) is 0 Å². The number of carbonyl (C=O) groups is 1. The molecule has 0 saturated heterocycles. The number of carbonyl (C=O) groups excluding carboxylic acids is 1. The first-order chi connectivity index (χ1) is 6.50. The number of ketones is 1. The van der Waals surface area contributed by atoms with Crippen LogP contribution in [0.3, 0.4) is 0 Å². The zero-order chi connectivity index (χ0) is 10.7. The zero-order valence-electron chi connectivity index (χ0n) is 7.56. The van der Waals surface area contributed by atoms with Crippen molar-refractivity contribution in [2.24, 2.45) is 0 Å². The molecule has 5 nitrogen and oxygen atoms in total. The molecule has 0 aliphatic rings. The highest BCUT2D eigenvalue weighted by Gasteiger charge is 2.13. The lowest BCUT2D eigenvalue weighted by Gasteiger charge is -1.99. The maximum absolute atomic E-state index is 10.7. The molecule has 0 fully saturated rings. The van der Waals surface area contributed by atoms with Gasteiger partial charge in [0.05, 0.1) is 4.92 Å². The van der Waals surface area contributed by atoms with Gasteiger partial charge in [0.15, 0.2) is 5.75 Å². The van der Waals surface area contributed by atoms with Crippen molar-refractivity contribution in [2.75, 3.05) is 0 Å². The summed E-state index contributed by atoms with van der Waals surface area (Å²) in [6.45, 7) is 1.42. The fourth-order valence-electron chi connectivity index (χ4n) is 1.12. The summed E-state index contributed by atoms with van der Waals surface area (Å²) in [6.07, 6.45) is 0.172. The van der Waals surface area contributed by atoms with Crippen LogP contribution in [0.5, 0.6) is 5.75 Å². The average Bonchev–Trinajstić information content (AvgIpc) is 2.01. The van der Waals surface area contributed by atoms with Crippen molar-refractivity contribution in [2.45, 2.75) is 13.3 Å². The molecule has 0 aromatic heterocycles. The van der Waals surface area contributed by atoms with E-state index in [0.717, 1.165) is 0 Å². The smallest absolute Gasteiger partial charge is 0.310 e. The lowest BCUT2D eigenvalue weighted by Crippen LogP contribution is -1.97. The summed E-state index contributed by atoms with van der Waals surface area (Å²) < 4.78 is 0. The van der Waals surface area contributed by atoms with Gasteiger partial charge in [0, 0.05) is 12.5 Å². The topological polar surface area (TPSA) is 80.4 Å². The number of Topliss-reactive ketones (excluding diaryl/α,β-unsaturated/α-hetero) is 1. The molecule has 1 aromatic rings. The molecular formula is C9H9NO4. The van der Waals surface area contributed by atoms with Gasteiger partial charge in [-0.3, -0.25) is 14.9 Å². The molecular weight excluding hydrogens is 186 g/mol. The molecule has 1 N–H and O–H groups in total. The molecule has 1 aromatic carbocycles. The molecule has 14 heavy (non-hydrogen) atoms. The lowest BCUT2D eigenvalue weighted by atomic mass is 10.1. The highest BCUT2D eigenvalue weighted by Crippen LogP contribution is 2.26. The van der Waals surface area contributed by atoms with Crippen molar-refractivity contribution in [1.82, 2.24) is 0 Å². The molecule has 0 saturated carbocycles. The number of hydrogen-bond donors (Lipinski definition) is 1. The third-order valence-electron chi connectivity index (χ3n) is 1.69. The van der Waals surface area contributed by atoms with Crippen molar-refractivity contribution < 1.29 is 14.8 Å². The maximum atomic E-state index is 10.7. The summed E-state index contributed by atoms with van der Waals surface area (Å²) in [5.41, 5.74) is 0.220. The number of aromatic hydroxyl groups is 1. The van der Waals surface area contributed by atoms with Crippen LogP contribution in [0.2, 0.25) is 0 Å². The first-order valence-electron chi connectivity index (χ1n) is 3.96. The SMILES string of the molecule is CC(=O)Cc1ccc([N+](=O)[O-])c(O)c1. The Kier molecular flexibility index (Phi) is 2.81. The molecule has 74 valence electrons. The van der Waals surface area contributed by atoms with Crippen LogP contribution in [-0.2, 0) is 11.2 Å². The summed E-state index contributed by atoms with van der Waals surface area (Å²) in [5.74, 6) is -0.466. The summed E-state index contributed by atoms with van der Waals surface area (Å²) in [7, 11) is 0. The minimum Gasteiger partial charge on any atom is -0.502 e. The minimum absolute atomic E-state index is 0.0572. The van der Waals surface area contributed by atoms with Crippen LogP contribution < -0.4 is 0 Å². The number of nitro groups is 1. The van der Waals surface area contributed by atoms with Crippen molar-refractivity contribution in [3.05, 3.63) is 33.9 Å². The maximum Gasteiger partial charge on any atom is 0.310 e. The second-order valence-corrected chi connectivity index (χ2v) is 2.96. The Balaban J connectivity index is 3.00. The van der Waals surface area contributed by atoms with Crippen molar-refractivity contribution in [1.29, 1.82) is 0 Å². The fourth-order valence-corrected chi connectivity index (χ4v) is 1.12. The van der Waals surface area contributed by atoms with Gasteiger partial charge in [0.25, 0.3) is 0 Å². The van der Waals surface area contributed by atoms with E-state index >= 15 is 0 Å². The predicted molar refractivity (Wildman–Crippen MR) is 49.1 cm³/mol. The number of benzene rings is 1. The first-order valence-corrected chi connectivity index (χ1v) is 3.96. The first kappa shape index (κ1) is 10.2. The van der Waals surface area contributed by atoms with Crippen LogP contribution in [0.15, 0.2) is 18.2 Å². The Morgan fingerprint density at radius 3 is 2.64 bits per heavy atom. The van der Waals surface area contributed by atoms with E-state index in [2.05, 4.69) is 0 Å². The van der Waals surface area contributed by atoms with Crippen molar-refractivity contribution >= 4 is 11.5 Å². The van der Waals surface area contributed by atoms with Gasteiger partial charge in [-0.15, -0.1) is 0 Å². The quantitative estimate of drug-likeness (QED) is 0.584. The van der Waals surface area contributed by atoms with Gasteiger partial charge in [-0.1, -0.05) is 6.07 Å². The highest BCUT2D eigenvalue weighted by atomic mass is 16.6. The second kappa shape index (κ2) is 3.87. The molecule has 0 aliphatic heterocycles. The van der Waals surface area contributed by atoms with E-state index in [-0.39, 0.29) is 17.9 Å². The van der Waals surface area contributed by atoms with Crippen LogP contribution in [0.4, 0.5) is 5.69 Å². The van der Waals surface area contributed by atoms with Gasteiger partial charge in [0.1, 0.15) is 5.78 Å². The average molecular weight is 195 g/mol. The zero-order valence-corrected chi connectivity index (χ0v) is 7.56. The van der Waals surface area contributed by atoms with E-state index in [1.54, 1.807) is 0 Å². The molecule has 0 amide bonds. The Bertz CT molecular complexity index is 386. The van der Waals surface area contributed by atoms with Crippen LogP contribution >= 0.6 is 0 Å². The van der Waals surface area contributed by atoms with Gasteiger partial charge in [0.2, 0.25) is 0 Å². The number of phenols is 1. The van der Waals surface area contributed by atoms with Crippen LogP contribution in [-0.4, -0.2) is 15.8 Å². The summed E-state index contributed by atoms with van der Waals surface area (Å²) in [6, 6.07) is 3.88. The number of rotatable bonds is 3. The van der Waals surface area contributed by atoms with Crippen molar-refractivity contribution in [3.8, 4) is 5.75 Å². The summed E-state index contributed by atoms with van der Waals surface area (Å²) in [5, 5.41) is 19.6. The number of phenolic OH excluding ortho intramolecular Hbond substituents is 1. The standard InChI is InChI=1S/C9H9NO4/c1-6(11)4-7-2-3-8(10(13)14)9(12)5-7/h2-3,5,12H,4H2,1H3. The lowest BCUT2D eigenvalue weighted by molar-refractivity contribution is -0.385. The van der Waals surface area contributed by atoms with E-state index in [0.29, 0.717) is 5.56 Å². The molecule has 0 heterocycles. The number of nitro benzene ring substituents is 1. The van der Waals surface area contributed by atoms with Crippen molar-refractivity contribution in [3.63, 3.8) is 0 Å². The number of hydrogen-bond acceptors (Lipinski definition) is 4. The van der Waals surface area contributed by atoms with Gasteiger partial charge in [-0.2, -0.15) is 0 Å².